The van der Waals surface area contributed by atoms with Gasteiger partial charge in [0.05, 0.1) is 0 Å². The highest BCUT2D eigenvalue weighted by Gasteiger charge is 2.28. The Morgan fingerprint density at radius 1 is 1.26 bits per heavy atom. The number of hydrogen-bond donors (Lipinski definition) is 1. The van der Waals surface area contributed by atoms with Gasteiger partial charge in [0, 0.05) is 44.9 Å². The Morgan fingerprint density at radius 3 is 2.79 bits per heavy atom. The van der Waals surface area contributed by atoms with Crippen LogP contribution in [0.4, 0.5) is 0 Å². The third kappa shape index (κ3) is 4.28. The van der Waals surface area contributed by atoms with E-state index in [1.165, 1.54) is 37.8 Å². The van der Waals surface area contributed by atoms with Crippen LogP contribution in [0.1, 0.15) is 31.2 Å². The van der Waals surface area contributed by atoms with Crippen LogP contribution in [0.25, 0.3) is 0 Å². The van der Waals surface area contributed by atoms with E-state index >= 15 is 0 Å². The molecular formula is C15H24N2OS. The van der Waals surface area contributed by atoms with Gasteiger partial charge in [-0.15, -0.1) is 0 Å². The third-order valence-electron chi connectivity index (χ3n) is 4.08. The second-order valence-corrected chi connectivity index (χ2v) is 6.45. The van der Waals surface area contributed by atoms with E-state index in [2.05, 4.69) is 27.0 Å². The molecule has 2 fully saturated rings. The van der Waals surface area contributed by atoms with E-state index < -0.39 is 0 Å². The maximum absolute atomic E-state index is 5.40. The van der Waals surface area contributed by atoms with E-state index in [-0.39, 0.29) is 0 Å². The van der Waals surface area contributed by atoms with E-state index in [4.69, 9.17) is 4.74 Å². The number of nitrogens with zero attached hydrogens (tertiary/aromatic N) is 1. The molecule has 0 aromatic carbocycles. The molecule has 0 unspecified atom stereocenters. The zero-order chi connectivity index (χ0) is 12.9. The summed E-state index contributed by atoms with van der Waals surface area (Å²) in [6.07, 6.45) is 5.13. The Hall–Kier alpha value is -0.420. The van der Waals surface area contributed by atoms with Crippen LogP contribution in [0.3, 0.4) is 0 Å². The topological polar surface area (TPSA) is 24.5 Å². The summed E-state index contributed by atoms with van der Waals surface area (Å²) in [6.45, 7) is 5.28. The molecule has 1 aromatic heterocycles. The van der Waals surface area contributed by atoms with Crippen LogP contribution >= 0.6 is 11.3 Å². The Bertz CT molecular complexity index is 358. The minimum Gasteiger partial charge on any atom is -0.381 e. The number of rotatable bonds is 7. The van der Waals surface area contributed by atoms with E-state index in [0.717, 1.165) is 32.3 Å². The molecule has 0 spiro atoms. The molecule has 1 saturated heterocycles. The molecule has 0 radical (unpaired) electrons. The predicted octanol–water partition coefficient (Wildman–Crippen LogP) is 2.48. The molecule has 1 saturated carbocycles. The highest BCUT2D eigenvalue weighted by molar-refractivity contribution is 7.07. The van der Waals surface area contributed by atoms with Gasteiger partial charge in [0.1, 0.15) is 0 Å². The summed E-state index contributed by atoms with van der Waals surface area (Å²) in [5.74, 6) is 0. The molecule has 1 aromatic rings. The molecule has 2 heterocycles. The molecule has 0 atom stereocenters. The molecule has 1 aliphatic heterocycles. The summed E-state index contributed by atoms with van der Waals surface area (Å²) >= 11 is 1.80. The van der Waals surface area contributed by atoms with E-state index in [1.54, 1.807) is 11.3 Å². The summed E-state index contributed by atoms with van der Waals surface area (Å²) in [5, 5.41) is 8.16. The zero-order valence-corrected chi connectivity index (χ0v) is 12.3. The smallest absolute Gasteiger partial charge is 0.0480 e. The highest BCUT2D eigenvalue weighted by Crippen LogP contribution is 2.28. The lowest BCUT2D eigenvalue weighted by Gasteiger charge is -2.26. The van der Waals surface area contributed by atoms with Crippen LogP contribution < -0.4 is 5.32 Å². The number of thiophene rings is 1. The highest BCUT2D eigenvalue weighted by atomic mass is 32.1. The summed E-state index contributed by atoms with van der Waals surface area (Å²) in [4.78, 5) is 2.65. The van der Waals surface area contributed by atoms with Gasteiger partial charge in [-0.2, -0.15) is 11.3 Å². The molecule has 0 amide bonds. The molecule has 19 heavy (non-hydrogen) atoms. The van der Waals surface area contributed by atoms with Crippen molar-refractivity contribution in [2.75, 3.05) is 26.3 Å². The summed E-state index contributed by atoms with van der Waals surface area (Å²) < 4.78 is 5.40. The first-order valence-electron chi connectivity index (χ1n) is 7.48. The van der Waals surface area contributed by atoms with Gasteiger partial charge in [-0.25, -0.2) is 0 Å². The zero-order valence-electron chi connectivity index (χ0n) is 11.5. The average Bonchev–Trinajstić information content (AvgIpc) is 3.17. The van der Waals surface area contributed by atoms with Crippen molar-refractivity contribution in [3.8, 4) is 0 Å². The molecule has 3 rings (SSSR count). The first-order valence-corrected chi connectivity index (χ1v) is 8.42. The largest absolute Gasteiger partial charge is 0.381 e. The number of hydrogen-bond acceptors (Lipinski definition) is 4. The number of nitrogens with one attached hydrogen (secondary N) is 1. The average molecular weight is 280 g/mol. The quantitative estimate of drug-likeness (QED) is 0.830. The monoisotopic (exact) mass is 280 g/mol. The Balaban J connectivity index is 1.40. The summed E-state index contributed by atoms with van der Waals surface area (Å²) in [6, 6.07) is 3.78. The lowest BCUT2D eigenvalue weighted by atomic mass is 10.1. The van der Waals surface area contributed by atoms with Gasteiger partial charge >= 0.3 is 0 Å². The molecule has 2 aliphatic rings. The minimum absolute atomic E-state index is 0.677. The normalized spacial score (nSPS) is 21.1. The molecule has 1 aliphatic carbocycles. The van der Waals surface area contributed by atoms with Gasteiger partial charge in [-0.3, -0.25) is 4.90 Å². The maximum Gasteiger partial charge on any atom is 0.0480 e. The fourth-order valence-electron chi connectivity index (χ4n) is 2.76. The summed E-state index contributed by atoms with van der Waals surface area (Å²) in [7, 11) is 0. The Labute approximate surface area is 119 Å². The van der Waals surface area contributed by atoms with Crippen molar-refractivity contribution in [3.05, 3.63) is 22.4 Å². The second-order valence-electron chi connectivity index (χ2n) is 5.67. The summed E-state index contributed by atoms with van der Waals surface area (Å²) in [5.41, 5.74) is 1.47. The van der Waals surface area contributed by atoms with Gasteiger partial charge in [0.15, 0.2) is 0 Å². The van der Waals surface area contributed by atoms with Crippen LogP contribution in [0, 0.1) is 0 Å². The van der Waals surface area contributed by atoms with Crippen LogP contribution in [0.15, 0.2) is 16.8 Å². The fourth-order valence-corrected chi connectivity index (χ4v) is 3.42. The predicted molar refractivity (Wildman–Crippen MR) is 79.6 cm³/mol. The van der Waals surface area contributed by atoms with Crippen molar-refractivity contribution in [2.45, 2.75) is 44.3 Å². The van der Waals surface area contributed by atoms with Gasteiger partial charge in [-0.05, 0) is 48.1 Å². The van der Waals surface area contributed by atoms with E-state index in [1.807, 2.05) is 0 Å². The van der Waals surface area contributed by atoms with Crippen molar-refractivity contribution in [2.24, 2.45) is 0 Å². The molecule has 0 bridgehead atoms. The van der Waals surface area contributed by atoms with Crippen LogP contribution in [0.5, 0.6) is 0 Å². The molecular weight excluding hydrogens is 256 g/mol. The van der Waals surface area contributed by atoms with Gasteiger partial charge in [-0.1, -0.05) is 0 Å². The standard InChI is InChI=1S/C15H24N2OS/c1-2-15(1)17(11-13-5-10-19-12-13)7-6-16-14-3-8-18-9-4-14/h5,10,12,14-16H,1-4,6-9,11H2. The lowest BCUT2D eigenvalue weighted by Crippen LogP contribution is -2.40. The van der Waals surface area contributed by atoms with Gasteiger partial charge in [0.25, 0.3) is 0 Å². The van der Waals surface area contributed by atoms with Crippen LogP contribution in [-0.2, 0) is 11.3 Å². The van der Waals surface area contributed by atoms with Crippen molar-refractivity contribution in [1.29, 1.82) is 0 Å². The van der Waals surface area contributed by atoms with Crippen molar-refractivity contribution in [1.82, 2.24) is 10.2 Å². The van der Waals surface area contributed by atoms with Gasteiger partial charge < -0.3 is 10.1 Å². The Kier molecular flexibility index (Phi) is 4.88. The first-order chi connectivity index (χ1) is 9.42. The molecule has 1 N–H and O–H groups in total. The third-order valence-corrected chi connectivity index (χ3v) is 4.81. The van der Waals surface area contributed by atoms with E-state index in [9.17, 15) is 0 Å². The van der Waals surface area contributed by atoms with Crippen molar-refractivity contribution < 1.29 is 4.74 Å². The first kappa shape index (κ1) is 13.6. The molecule has 106 valence electrons. The van der Waals surface area contributed by atoms with E-state index in [0.29, 0.717) is 6.04 Å². The SMILES string of the molecule is c1cc(CN(CCNC2CCOCC2)C2CC2)cs1. The Morgan fingerprint density at radius 2 is 2.11 bits per heavy atom. The van der Waals surface area contributed by atoms with Crippen LogP contribution in [0.2, 0.25) is 0 Å². The van der Waals surface area contributed by atoms with Crippen molar-refractivity contribution >= 4 is 11.3 Å². The second kappa shape index (κ2) is 6.84. The minimum atomic E-state index is 0.677. The maximum atomic E-state index is 5.40. The van der Waals surface area contributed by atoms with Crippen LogP contribution in [-0.4, -0.2) is 43.3 Å². The van der Waals surface area contributed by atoms with Crippen molar-refractivity contribution in [3.63, 3.8) is 0 Å². The van der Waals surface area contributed by atoms with Gasteiger partial charge in [0.2, 0.25) is 0 Å². The fraction of sp³-hybridized carbons (Fsp3) is 0.733. The molecule has 4 heteroatoms. The number of ether oxygens (including phenoxy) is 1. The molecule has 3 nitrogen and oxygen atoms in total. The lowest BCUT2D eigenvalue weighted by molar-refractivity contribution is 0.0770.